The van der Waals surface area contributed by atoms with Crippen LogP contribution in [0.5, 0.6) is 0 Å². The molecule has 0 aromatic rings. The van der Waals surface area contributed by atoms with E-state index in [0.29, 0.717) is 19.8 Å². The first-order chi connectivity index (χ1) is 10.0. The highest BCUT2D eigenvalue weighted by Crippen LogP contribution is 1.92. The van der Waals surface area contributed by atoms with Gasteiger partial charge in [0.05, 0.1) is 12.8 Å². The molecule has 0 heterocycles. The molecule has 0 bridgehead atoms. The highest BCUT2D eigenvalue weighted by molar-refractivity contribution is 6.36. The van der Waals surface area contributed by atoms with E-state index in [4.69, 9.17) is 13.3 Å². The lowest BCUT2D eigenvalue weighted by molar-refractivity contribution is -0.158. The van der Waals surface area contributed by atoms with Crippen LogP contribution >= 0.6 is 0 Å². The SMILES string of the molecule is C=CCC(=O)OC(=O)CC=C.CCO[SiH](OCC)OCC. The summed E-state index contributed by atoms with van der Waals surface area (Å²) >= 11 is 0. The van der Waals surface area contributed by atoms with Gasteiger partial charge in [0, 0.05) is 19.8 Å². The van der Waals surface area contributed by atoms with Gasteiger partial charge in [-0.3, -0.25) is 9.59 Å². The van der Waals surface area contributed by atoms with Crippen LogP contribution in [0.1, 0.15) is 33.6 Å². The van der Waals surface area contributed by atoms with E-state index in [1.54, 1.807) is 0 Å². The number of hydrogen-bond acceptors (Lipinski definition) is 6. The maximum absolute atomic E-state index is 10.6. The van der Waals surface area contributed by atoms with Crippen molar-refractivity contribution in [2.45, 2.75) is 33.6 Å². The molecule has 0 saturated carbocycles. The second-order valence-corrected chi connectivity index (χ2v) is 5.06. The monoisotopic (exact) mass is 318 g/mol. The Kier molecular flexibility index (Phi) is 17.6. The molecule has 0 aliphatic rings. The lowest BCUT2D eigenvalue weighted by Crippen LogP contribution is -2.27. The van der Waals surface area contributed by atoms with Crippen LogP contribution in [0.3, 0.4) is 0 Å². The van der Waals surface area contributed by atoms with Crippen LogP contribution < -0.4 is 0 Å². The highest BCUT2D eigenvalue weighted by Gasteiger charge is 2.11. The number of hydrogen-bond donors (Lipinski definition) is 0. The van der Waals surface area contributed by atoms with Crippen molar-refractivity contribution in [3.8, 4) is 0 Å². The predicted octanol–water partition coefficient (Wildman–Crippen LogP) is 2.02. The molecule has 0 radical (unpaired) electrons. The molecule has 0 unspecified atom stereocenters. The molecule has 0 fully saturated rings. The summed E-state index contributed by atoms with van der Waals surface area (Å²) < 4.78 is 20.0. The summed E-state index contributed by atoms with van der Waals surface area (Å²) in [6.45, 7) is 14.5. The standard InChI is InChI=1S/C8H10O3.C6H16O3Si/c1-3-5-7(9)11-8(10)6-4-2;1-4-7-10(8-5-2)9-6-3/h3-4H,1-2,5-6H2;10H,4-6H2,1-3H3. The van der Waals surface area contributed by atoms with Gasteiger partial charge in [0.15, 0.2) is 0 Å². The number of carbonyl (C=O) groups excluding carboxylic acids is 2. The van der Waals surface area contributed by atoms with Gasteiger partial charge in [0.2, 0.25) is 0 Å². The van der Waals surface area contributed by atoms with Crippen molar-refractivity contribution in [2.24, 2.45) is 0 Å². The summed E-state index contributed by atoms with van der Waals surface area (Å²) in [6, 6.07) is 0. The maximum Gasteiger partial charge on any atom is 0.484 e. The van der Waals surface area contributed by atoms with E-state index >= 15 is 0 Å². The fourth-order valence-corrected chi connectivity index (χ4v) is 2.10. The normalized spacial score (nSPS) is 9.52. The van der Waals surface area contributed by atoms with Crippen molar-refractivity contribution in [2.75, 3.05) is 19.8 Å². The molecule has 0 aliphatic carbocycles. The molecule has 0 atom stereocenters. The Morgan fingerprint density at radius 1 is 0.857 bits per heavy atom. The average Bonchev–Trinajstić information content (AvgIpc) is 2.40. The van der Waals surface area contributed by atoms with Gasteiger partial charge in [-0.05, 0) is 20.8 Å². The van der Waals surface area contributed by atoms with Gasteiger partial charge in [-0.15, -0.1) is 13.2 Å². The maximum atomic E-state index is 10.6. The molecule has 122 valence electrons. The second kappa shape index (κ2) is 16.8. The largest absolute Gasteiger partial charge is 0.484 e. The second-order valence-electron chi connectivity index (χ2n) is 3.49. The van der Waals surface area contributed by atoms with E-state index in [1.807, 2.05) is 20.8 Å². The van der Waals surface area contributed by atoms with Gasteiger partial charge in [-0.2, -0.15) is 0 Å². The van der Waals surface area contributed by atoms with Crippen molar-refractivity contribution in [1.29, 1.82) is 0 Å². The van der Waals surface area contributed by atoms with Crippen molar-refractivity contribution in [3.63, 3.8) is 0 Å². The van der Waals surface area contributed by atoms with E-state index in [1.165, 1.54) is 12.2 Å². The highest BCUT2D eigenvalue weighted by atomic mass is 28.3. The Balaban J connectivity index is 0. The van der Waals surface area contributed by atoms with Crippen LogP contribution in [-0.4, -0.2) is 41.3 Å². The zero-order chi connectivity index (χ0) is 16.5. The summed E-state index contributed by atoms with van der Waals surface area (Å²) in [5.74, 6) is -1.15. The van der Waals surface area contributed by atoms with Crippen LogP contribution in [0.25, 0.3) is 0 Å². The molecule has 0 N–H and O–H groups in total. The predicted molar refractivity (Wildman–Crippen MR) is 82.8 cm³/mol. The number of carbonyl (C=O) groups is 2. The molecule has 7 heteroatoms. The molecule has 0 rings (SSSR count). The first kappa shape index (κ1) is 22.0. The summed E-state index contributed by atoms with van der Waals surface area (Å²) in [5, 5.41) is 0. The quantitative estimate of drug-likeness (QED) is 0.266. The Bertz CT molecular complexity index is 272. The summed E-state index contributed by atoms with van der Waals surface area (Å²) in [4.78, 5) is 21.2. The van der Waals surface area contributed by atoms with Crippen LogP contribution in [0, 0.1) is 0 Å². The van der Waals surface area contributed by atoms with E-state index in [-0.39, 0.29) is 12.8 Å². The van der Waals surface area contributed by atoms with Crippen molar-refractivity contribution < 1.29 is 27.6 Å². The fourth-order valence-electron chi connectivity index (χ4n) is 0.999. The van der Waals surface area contributed by atoms with Gasteiger partial charge in [0.1, 0.15) is 0 Å². The van der Waals surface area contributed by atoms with Crippen molar-refractivity contribution in [3.05, 3.63) is 25.3 Å². The van der Waals surface area contributed by atoms with E-state index < -0.39 is 21.5 Å². The molecule has 0 saturated heterocycles. The first-order valence-electron chi connectivity index (χ1n) is 6.85. The summed E-state index contributed by atoms with van der Waals surface area (Å²) in [6.07, 6.45) is 2.87. The Morgan fingerprint density at radius 2 is 1.19 bits per heavy atom. The van der Waals surface area contributed by atoms with Crippen LogP contribution in [0.2, 0.25) is 0 Å². The Morgan fingerprint density at radius 3 is 1.43 bits per heavy atom. The van der Waals surface area contributed by atoms with E-state index in [0.717, 1.165) is 0 Å². The van der Waals surface area contributed by atoms with Crippen molar-refractivity contribution >= 4 is 21.5 Å². The van der Waals surface area contributed by atoms with Gasteiger partial charge in [-0.1, -0.05) is 12.2 Å². The van der Waals surface area contributed by atoms with Crippen LogP contribution in [0.15, 0.2) is 25.3 Å². The zero-order valence-corrected chi connectivity index (χ0v) is 14.3. The molecule has 0 amide bonds. The minimum Gasteiger partial charge on any atom is -0.393 e. The smallest absolute Gasteiger partial charge is 0.393 e. The molecule has 0 aromatic heterocycles. The van der Waals surface area contributed by atoms with Crippen LogP contribution in [-0.2, 0) is 27.6 Å². The summed E-state index contributed by atoms with van der Waals surface area (Å²) in [5.41, 5.74) is 0. The molecule has 21 heavy (non-hydrogen) atoms. The molecule has 0 aromatic carbocycles. The Labute approximate surface area is 128 Å². The van der Waals surface area contributed by atoms with Gasteiger partial charge in [0.25, 0.3) is 0 Å². The van der Waals surface area contributed by atoms with E-state index in [2.05, 4.69) is 17.9 Å². The lowest BCUT2D eigenvalue weighted by Gasteiger charge is -2.12. The third-order valence-electron chi connectivity index (χ3n) is 1.76. The van der Waals surface area contributed by atoms with Crippen LogP contribution in [0.4, 0.5) is 0 Å². The molecular weight excluding hydrogens is 292 g/mol. The average molecular weight is 318 g/mol. The van der Waals surface area contributed by atoms with Gasteiger partial charge in [-0.25, -0.2) is 0 Å². The number of ether oxygens (including phenoxy) is 1. The number of rotatable bonds is 10. The Hall–Kier alpha value is -1.28. The lowest BCUT2D eigenvalue weighted by atomic mass is 10.4. The van der Waals surface area contributed by atoms with Crippen molar-refractivity contribution in [1.82, 2.24) is 0 Å². The van der Waals surface area contributed by atoms with E-state index in [9.17, 15) is 9.59 Å². The minimum atomic E-state index is -1.73. The molecule has 0 aliphatic heterocycles. The fraction of sp³-hybridized carbons (Fsp3) is 0.571. The topological polar surface area (TPSA) is 71.1 Å². The zero-order valence-electron chi connectivity index (χ0n) is 13.1. The number of esters is 2. The van der Waals surface area contributed by atoms with Gasteiger partial charge >= 0.3 is 21.5 Å². The third kappa shape index (κ3) is 16.7. The molecule has 6 nitrogen and oxygen atoms in total. The molecule has 0 spiro atoms. The molecular formula is C14H26O6Si. The van der Waals surface area contributed by atoms with Gasteiger partial charge < -0.3 is 18.0 Å². The summed E-state index contributed by atoms with van der Waals surface area (Å²) in [7, 11) is -1.73. The third-order valence-corrected chi connectivity index (χ3v) is 3.57. The first-order valence-corrected chi connectivity index (χ1v) is 8.27. The minimum absolute atomic E-state index is 0.0584.